The van der Waals surface area contributed by atoms with E-state index >= 15 is 0 Å². The monoisotopic (exact) mass is 230 g/mol. The molecule has 2 rings (SSSR count). The summed E-state index contributed by atoms with van der Waals surface area (Å²) < 4.78 is 0. The van der Waals surface area contributed by atoms with Crippen molar-refractivity contribution in [3.8, 4) is 0 Å². The number of rotatable bonds is 4. The van der Waals surface area contributed by atoms with Gasteiger partial charge in [0, 0.05) is 35.9 Å². The van der Waals surface area contributed by atoms with Gasteiger partial charge in [0.25, 0.3) is 0 Å². The van der Waals surface area contributed by atoms with Gasteiger partial charge < -0.3 is 16.8 Å². The first-order valence-corrected chi connectivity index (χ1v) is 5.33. The van der Waals surface area contributed by atoms with E-state index in [4.69, 9.17) is 11.5 Å². The molecule has 5 N–H and O–H groups in total. The molecule has 0 spiro atoms. The van der Waals surface area contributed by atoms with Crippen LogP contribution in [0.3, 0.4) is 0 Å². The van der Waals surface area contributed by atoms with Crippen molar-refractivity contribution in [2.24, 2.45) is 5.73 Å². The van der Waals surface area contributed by atoms with Crippen LogP contribution in [0.15, 0.2) is 30.5 Å². The molecule has 5 heteroatoms. The Labute approximate surface area is 98.8 Å². The lowest BCUT2D eigenvalue weighted by Crippen LogP contribution is -2.15. The number of nitrogens with two attached hydrogens (primary N) is 2. The second-order valence-corrected chi connectivity index (χ2v) is 3.78. The summed E-state index contributed by atoms with van der Waals surface area (Å²) in [6.07, 6.45) is 2.01. The van der Waals surface area contributed by atoms with Crippen LogP contribution >= 0.6 is 0 Å². The third kappa shape index (κ3) is 2.63. The van der Waals surface area contributed by atoms with E-state index in [1.54, 1.807) is 6.20 Å². The molecular formula is C12H14N4O. The molecule has 0 aliphatic heterocycles. The number of nitrogens with one attached hydrogen (secondary N) is 1. The number of carbonyl (C=O) groups is 1. The zero-order valence-corrected chi connectivity index (χ0v) is 9.31. The number of hydrogen-bond acceptors (Lipinski definition) is 4. The summed E-state index contributed by atoms with van der Waals surface area (Å²) in [6.45, 7) is 0.513. The zero-order chi connectivity index (χ0) is 12.3. The molecule has 0 saturated carbocycles. The van der Waals surface area contributed by atoms with Gasteiger partial charge in [-0.15, -0.1) is 0 Å². The van der Waals surface area contributed by atoms with Crippen LogP contribution in [-0.2, 0) is 4.79 Å². The van der Waals surface area contributed by atoms with Crippen molar-refractivity contribution < 1.29 is 4.79 Å². The van der Waals surface area contributed by atoms with Gasteiger partial charge in [-0.3, -0.25) is 9.78 Å². The Bertz CT molecular complexity index is 553. The summed E-state index contributed by atoms with van der Waals surface area (Å²) >= 11 is 0. The number of fused-ring (bicyclic) bond motifs is 1. The Morgan fingerprint density at radius 2 is 2.18 bits per heavy atom. The number of pyridine rings is 1. The van der Waals surface area contributed by atoms with Crippen LogP contribution < -0.4 is 16.8 Å². The molecular weight excluding hydrogens is 216 g/mol. The summed E-state index contributed by atoms with van der Waals surface area (Å²) in [7, 11) is 0. The van der Waals surface area contributed by atoms with Gasteiger partial charge in [0.05, 0.1) is 5.52 Å². The standard InChI is InChI=1S/C12H14N4O/c13-8-1-2-9-10(15-6-4-12(14)17)3-5-16-11(9)7-8/h1-3,5,7H,4,6,13H2,(H2,14,17)(H,15,16). The Morgan fingerprint density at radius 1 is 1.35 bits per heavy atom. The van der Waals surface area contributed by atoms with Crippen molar-refractivity contribution in [1.82, 2.24) is 4.98 Å². The average molecular weight is 230 g/mol. The van der Waals surface area contributed by atoms with E-state index in [9.17, 15) is 4.79 Å². The first-order chi connectivity index (χ1) is 8.16. The predicted molar refractivity (Wildman–Crippen MR) is 68.5 cm³/mol. The summed E-state index contributed by atoms with van der Waals surface area (Å²) in [5.74, 6) is -0.319. The second-order valence-electron chi connectivity index (χ2n) is 3.78. The fraction of sp³-hybridized carbons (Fsp3) is 0.167. The van der Waals surface area contributed by atoms with Gasteiger partial charge in [-0.1, -0.05) is 0 Å². The molecule has 88 valence electrons. The highest BCUT2D eigenvalue weighted by molar-refractivity contribution is 5.92. The number of primary amides is 1. The highest BCUT2D eigenvalue weighted by Crippen LogP contribution is 2.23. The van der Waals surface area contributed by atoms with Crippen LogP contribution in [0.25, 0.3) is 10.9 Å². The topological polar surface area (TPSA) is 94.0 Å². The van der Waals surface area contributed by atoms with E-state index in [2.05, 4.69) is 10.3 Å². The Hall–Kier alpha value is -2.30. The van der Waals surface area contributed by atoms with Crippen LogP contribution in [0.4, 0.5) is 11.4 Å². The van der Waals surface area contributed by atoms with E-state index in [1.807, 2.05) is 24.3 Å². The first kappa shape index (κ1) is 11.2. The van der Waals surface area contributed by atoms with Gasteiger partial charge in [-0.25, -0.2) is 0 Å². The molecule has 17 heavy (non-hydrogen) atoms. The van der Waals surface area contributed by atoms with Gasteiger partial charge >= 0.3 is 0 Å². The summed E-state index contributed by atoms with van der Waals surface area (Å²) in [4.78, 5) is 14.9. The molecule has 0 bridgehead atoms. The Balaban J connectivity index is 2.25. The van der Waals surface area contributed by atoms with Gasteiger partial charge in [0.2, 0.25) is 5.91 Å². The molecule has 1 amide bonds. The highest BCUT2D eigenvalue weighted by Gasteiger charge is 2.02. The molecule has 5 nitrogen and oxygen atoms in total. The molecule has 0 fully saturated rings. The largest absolute Gasteiger partial charge is 0.399 e. The van der Waals surface area contributed by atoms with Crippen LogP contribution in [0, 0.1) is 0 Å². The molecule has 1 aromatic carbocycles. The molecule has 0 aliphatic carbocycles. The normalized spacial score (nSPS) is 10.4. The van der Waals surface area contributed by atoms with Gasteiger partial charge in [-0.05, 0) is 24.3 Å². The first-order valence-electron chi connectivity index (χ1n) is 5.33. The maximum absolute atomic E-state index is 10.7. The molecule has 0 radical (unpaired) electrons. The maximum atomic E-state index is 10.7. The number of carbonyl (C=O) groups excluding carboxylic acids is 1. The highest BCUT2D eigenvalue weighted by atomic mass is 16.1. The SMILES string of the molecule is NC(=O)CCNc1ccnc2cc(N)ccc12. The minimum atomic E-state index is -0.319. The number of hydrogen-bond donors (Lipinski definition) is 3. The zero-order valence-electron chi connectivity index (χ0n) is 9.31. The van der Waals surface area contributed by atoms with Crippen molar-refractivity contribution in [2.45, 2.75) is 6.42 Å². The van der Waals surface area contributed by atoms with E-state index in [1.165, 1.54) is 0 Å². The molecule has 0 unspecified atom stereocenters. The van der Waals surface area contributed by atoms with Crippen LogP contribution in [0.1, 0.15) is 6.42 Å². The van der Waals surface area contributed by atoms with Crippen LogP contribution in [0.2, 0.25) is 0 Å². The Kier molecular flexibility index (Phi) is 3.09. The summed E-state index contributed by atoms with van der Waals surface area (Å²) in [5.41, 5.74) is 13.2. The van der Waals surface area contributed by atoms with Crippen molar-refractivity contribution in [2.75, 3.05) is 17.6 Å². The van der Waals surface area contributed by atoms with Crippen molar-refractivity contribution in [3.05, 3.63) is 30.5 Å². The van der Waals surface area contributed by atoms with Gasteiger partial charge in [0.1, 0.15) is 0 Å². The maximum Gasteiger partial charge on any atom is 0.219 e. The molecule has 0 saturated heterocycles. The molecule has 1 aromatic heterocycles. The predicted octanol–water partition coefficient (Wildman–Crippen LogP) is 1.10. The minimum absolute atomic E-state index is 0.304. The number of nitrogen functional groups attached to an aromatic ring is 1. The van der Waals surface area contributed by atoms with Crippen molar-refractivity contribution in [1.29, 1.82) is 0 Å². The summed E-state index contributed by atoms with van der Waals surface area (Å²) in [6, 6.07) is 7.40. The third-order valence-electron chi connectivity index (χ3n) is 2.45. The lowest BCUT2D eigenvalue weighted by Gasteiger charge is -2.08. The van der Waals surface area contributed by atoms with E-state index < -0.39 is 0 Å². The number of amides is 1. The fourth-order valence-corrected chi connectivity index (χ4v) is 1.64. The van der Waals surface area contributed by atoms with E-state index in [0.29, 0.717) is 18.7 Å². The lowest BCUT2D eigenvalue weighted by molar-refractivity contribution is -0.117. The summed E-state index contributed by atoms with van der Waals surface area (Å²) in [5, 5.41) is 4.13. The molecule has 0 atom stereocenters. The van der Waals surface area contributed by atoms with Crippen molar-refractivity contribution >= 4 is 28.2 Å². The van der Waals surface area contributed by atoms with Gasteiger partial charge in [-0.2, -0.15) is 0 Å². The average Bonchev–Trinajstić information content (AvgIpc) is 2.28. The number of anilines is 2. The van der Waals surface area contributed by atoms with Crippen LogP contribution in [-0.4, -0.2) is 17.4 Å². The molecule has 0 aliphatic rings. The quantitative estimate of drug-likeness (QED) is 0.685. The Morgan fingerprint density at radius 3 is 2.94 bits per heavy atom. The molecule has 2 aromatic rings. The van der Waals surface area contributed by atoms with E-state index in [-0.39, 0.29) is 5.91 Å². The number of nitrogens with zero attached hydrogens (tertiary/aromatic N) is 1. The minimum Gasteiger partial charge on any atom is -0.399 e. The molecule has 1 heterocycles. The third-order valence-corrected chi connectivity index (χ3v) is 2.45. The van der Waals surface area contributed by atoms with Gasteiger partial charge in [0.15, 0.2) is 0 Å². The number of aromatic nitrogens is 1. The van der Waals surface area contributed by atoms with Crippen molar-refractivity contribution in [3.63, 3.8) is 0 Å². The second kappa shape index (κ2) is 4.69. The lowest BCUT2D eigenvalue weighted by atomic mass is 10.1. The van der Waals surface area contributed by atoms with E-state index in [0.717, 1.165) is 16.6 Å². The fourth-order valence-electron chi connectivity index (χ4n) is 1.64. The number of benzene rings is 1. The smallest absolute Gasteiger partial charge is 0.219 e. The van der Waals surface area contributed by atoms with Crippen LogP contribution in [0.5, 0.6) is 0 Å².